The molecule has 10 nitrogen and oxygen atoms in total. The first-order chi connectivity index (χ1) is 20.8. The zero-order valence-electron chi connectivity index (χ0n) is 25.9. The van der Waals surface area contributed by atoms with Crippen molar-refractivity contribution >= 4 is 12.2 Å². The van der Waals surface area contributed by atoms with Crippen LogP contribution in [0.25, 0.3) is 11.3 Å². The second kappa shape index (κ2) is 13.5. The normalized spacial score (nSPS) is 21.4. The van der Waals surface area contributed by atoms with Crippen LogP contribution in [-0.2, 0) is 10.3 Å². The topological polar surface area (TPSA) is 132 Å². The second-order valence-electron chi connectivity index (χ2n) is 12.6. The van der Waals surface area contributed by atoms with Gasteiger partial charge in [-0.3, -0.25) is 19.6 Å². The Morgan fingerprint density at radius 3 is 2.50 bits per heavy atom. The monoisotopic (exact) mass is 612 g/mol. The highest BCUT2D eigenvalue weighted by atomic mass is 19.1. The van der Waals surface area contributed by atoms with Crippen LogP contribution in [0, 0.1) is 11.6 Å². The molecule has 0 unspecified atom stereocenters. The molecule has 238 valence electrons. The van der Waals surface area contributed by atoms with Crippen LogP contribution in [0.4, 0.5) is 8.78 Å². The van der Waals surface area contributed by atoms with Gasteiger partial charge in [0.25, 0.3) is 0 Å². The number of likely N-dealkylation sites (N-methyl/N-ethyl adjacent to an activating group) is 1. The molecule has 1 saturated carbocycles. The van der Waals surface area contributed by atoms with Gasteiger partial charge in [-0.05, 0) is 83.3 Å². The van der Waals surface area contributed by atoms with Crippen LogP contribution >= 0.6 is 0 Å². The lowest BCUT2D eigenvalue weighted by Crippen LogP contribution is -2.72. The highest BCUT2D eigenvalue weighted by Crippen LogP contribution is 2.36. The number of rotatable bonds is 9. The Hall–Kier alpha value is -3.74. The van der Waals surface area contributed by atoms with Gasteiger partial charge in [0, 0.05) is 49.4 Å². The van der Waals surface area contributed by atoms with E-state index < -0.39 is 22.8 Å². The van der Waals surface area contributed by atoms with Crippen molar-refractivity contribution in [3.05, 3.63) is 65.5 Å². The summed E-state index contributed by atoms with van der Waals surface area (Å²) < 4.78 is 31.1. The number of hydrogen-bond acceptors (Lipinski definition) is 8. The maximum atomic E-state index is 13.3. The number of pyridine rings is 1. The molecule has 12 heteroatoms. The molecule has 4 N–H and O–H groups in total. The number of benzene rings is 1. The zero-order valence-corrected chi connectivity index (χ0v) is 25.9. The molecule has 0 atom stereocenters. The average Bonchev–Trinajstić information content (AvgIpc) is 3.44. The summed E-state index contributed by atoms with van der Waals surface area (Å²) in [6.07, 6.45) is 6.46. The Bertz CT molecular complexity index is 1440. The lowest BCUT2D eigenvalue weighted by atomic mass is 9.78. The molecule has 5 rings (SSSR count). The van der Waals surface area contributed by atoms with E-state index in [0.717, 1.165) is 56.5 Å². The SMILES string of the molecule is CNC1(CC(=O)NC(C)(C)c2ccnc(OC)c2)CN(C2CCC(C)(O)CC2)C1.O=Cc1cc(-c2ccc(F)cc2F)n[nH]1. The molecular formula is C32H42F2N6O4. The molecule has 1 amide bonds. The fourth-order valence-electron chi connectivity index (χ4n) is 5.85. The molecule has 1 aliphatic heterocycles. The molecule has 2 aliphatic rings. The third-order valence-electron chi connectivity index (χ3n) is 8.64. The van der Waals surface area contributed by atoms with E-state index >= 15 is 0 Å². The molecular weight excluding hydrogens is 570 g/mol. The molecule has 2 fully saturated rings. The number of hydrogen-bond donors (Lipinski definition) is 4. The van der Waals surface area contributed by atoms with Crippen molar-refractivity contribution in [3.63, 3.8) is 0 Å². The van der Waals surface area contributed by atoms with Crippen molar-refractivity contribution < 1.29 is 28.2 Å². The van der Waals surface area contributed by atoms with Gasteiger partial charge in [-0.25, -0.2) is 13.8 Å². The summed E-state index contributed by atoms with van der Waals surface area (Å²) in [4.78, 5) is 29.8. The van der Waals surface area contributed by atoms with E-state index in [0.29, 0.717) is 24.6 Å². The summed E-state index contributed by atoms with van der Waals surface area (Å²) in [5, 5.41) is 22.9. The number of likely N-dealkylation sites (tertiary alicyclic amines) is 1. The van der Waals surface area contributed by atoms with Gasteiger partial charge >= 0.3 is 0 Å². The van der Waals surface area contributed by atoms with Crippen molar-refractivity contribution in [3.8, 4) is 17.1 Å². The number of aldehydes is 1. The first-order valence-electron chi connectivity index (χ1n) is 14.7. The van der Waals surface area contributed by atoms with E-state index in [1.165, 1.54) is 12.1 Å². The summed E-state index contributed by atoms with van der Waals surface area (Å²) in [5.74, 6) is -0.787. The van der Waals surface area contributed by atoms with Gasteiger partial charge in [-0.1, -0.05) is 0 Å². The molecule has 0 bridgehead atoms. The molecule has 0 radical (unpaired) electrons. The van der Waals surface area contributed by atoms with E-state index in [-0.39, 0.29) is 28.4 Å². The number of H-pyrrole nitrogens is 1. The predicted octanol–water partition coefficient (Wildman–Crippen LogP) is 3.97. The lowest BCUT2D eigenvalue weighted by molar-refractivity contribution is -0.127. The molecule has 44 heavy (non-hydrogen) atoms. The molecule has 3 aromatic rings. The zero-order chi connectivity index (χ0) is 32.1. The molecule has 2 aromatic heterocycles. The molecule has 0 spiro atoms. The van der Waals surface area contributed by atoms with Gasteiger partial charge in [0.2, 0.25) is 11.8 Å². The largest absolute Gasteiger partial charge is 0.481 e. The second-order valence-corrected chi connectivity index (χ2v) is 12.6. The van der Waals surface area contributed by atoms with Crippen LogP contribution in [0.5, 0.6) is 5.88 Å². The van der Waals surface area contributed by atoms with E-state index in [9.17, 15) is 23.5 Å². The summed E-state index contributed by atoms with van der Waals surface area (Å²) in [6.45, 7) is 7.65. The maximum absolute atomic E-state index is 13.3. The standard InChI is InChI=1S/C22H36N4O3.C10H6F2N2O/c1-20(2,16-8-11-24-19(12-16)29-5)25-18(27)13-22(23-4)14-26(15-22)17-6-9-21(3,28)10-7-17;11-6-1-2-8(9(12)3-6)10-4-7(5-15)13-14-10/h8,11-12,17,23,28H,6-7,9-10,13-15H2,1-5H3,(H,25,27);1-5H,(H,13,14). The number of aromatic amines is 1. The van der Waals surface area contributed by atoms with Crippen molar-refractivity contribution in [2.45, 2.75) is 75.6 Å². The Morgan fingerprint density at radius 2 is 1.91 bits per heavy atom. The number of nitrogens with one attached hydrogen (secondary N) is 3. The number of nitrogens with zero attached hydrogens (tertiary/aromatic N) is 3. The van der Waals surface area contributed by atoms with Gasteiger partial charge in [0.1, 0.15) is 11.6 Å². The highest BCUT2D eigenvalue weighted by molar-refractivity contribution is 5.78. The van der Waals surface area contributed by atoms with Crippen molar-refractivity contribution in [2.24, 2.45) is 0 Å². The van der Waals surface area contributed by atoms with Crippen molar-refractivity contribution in [1.82, 2.24) is 30.7 Å². The third-order valence-corrected chi connectivity index (χ3v) is 8.64. The summed E-state index contributed by atoms with van der Waals surface area (Å²) in [6, 6.07) is 8.84. The van der Waals surface area contributed by atoms with Crippen molar-refractivity contribution in [2.75, 3.05) is 27.2 Å². The number of aromatic nitrogens is 3. The number of carbonyl (C=O) groups excluding carboxylic acids is 2. The minimum Gasteiger partial charge on any atom is -0.481 e. The Balaban J connectivity index is 0.000000246. The third kappa shape index (κ3) is 8.04. The smallest absolute Gasteiger partial charge is 0.222 e. The van der Waals surface area contributed by atoms with E-state index in [1.807, 2.05) is 40.0 Å². The van der Waals surface area contributed by atoms with Crippen LogP contribution in [0.2, 0.25) is 0 Å². The first kappa shape index (κ1) is 33.2. The van der Waals surface area contributed by atoms with Gasteiger partial charge in [0.15, 0.2) is 6.29 Å². The molecule has 1 aliphatic carbocycles. The van der Waals surface area contributed by atoms with Gasteiger partial charge in [-0.15, -0.1) is 0 Å². The van der Waals surface area contributed by atoms with E-state index in [1.54, 1.807) is 13.3 Å². The van der Waals surface area contributed by atoms with Crippen LogP contribution < -0.4 is 15.4 Å². The fraction of sp³-hybridized carbons (Fsp3) is 0.500. The first-order valence-corrected chi connectivity index (χ1v) is 14.7. The van der Waals surface area contributed by atoms with Crippen molar-refractivity contribution in [1.29, 1.82) is 0 Å². The summed E-state index contributed by atoms with van der Waals surface area (Å²) in [7, 11) is 3.53. The van der Waals surface area contributed by atoms with Crippen LogP contribution in [0.1, 0.15) is 68.9 Å². The Morgan fingerprint density at radius 1 is 1.20 bits per heavy atom. The predicted molar refractivity (Wildman–Crippen MR) is 162 cm³/mol. The Labute approximate surface area is 256 Å². The molecule has 1 saturated heterocycles. The number of aliphatic hydroxyl groups is 1. The number of methoxy groups -OCH3 is 1. The fourth-order valence-corrected chi connectivity index (χ4v) is 5.85. The van der Waals surface area contributed by atoms with Gasteiger partial charge in [-0.2, -0.15) is 5.10 Å². The van der Waals surface area contributed by atoms with Crippen LogP contribution in [0.15, 0.2) is 42.6 Å². The highest BCUT2D eigenvalue weighted by Gasteiger charge is 2.47. The van der Waals surface area contributed by atoms with Gasteiger partial charge < -0.3 is 20.5 Å². The number of amides is 1. The minimum atomic E-state index is -0.709. The minimum absolute atomic E-state index is 0.0337. The maximum Gasteiger partial charge on any atom is 0.222 e. The lowest BCUT2D eigenvalue weighted by Gasteiger charge is -2.54. The van der Waals surface area contributed by atoms with E-state index in [2.05, 4.69) is 30.7 Å². The van der Waals surface area contributed by atoms with Crippen LogP contribution in [-0.4, -0.2) is 81.8 Å². The van der Waals surface area contributed by atoms with Gasteiger partial charge in [0.05, 0.1) is 35.2 Å². The van der Waals surface area contributed by atoms with Crippen LogP contribution in [0.3, 0.4) is 0 Å². The molecule has 3 heterocycles. The average molecular weight is 613 g/mol. The van der Waals surface area contributed by atoms with E-state index in [4.69, 9.17) is 4.74 Å². The number of ether oxygens (including phenoxy) is 1. The quantitative estimate of drug-likeness (QED) is 0.267. The summed E-state index contributed by atoms with van der Waals surface area (Å²) in [5.41, 5.74) is 0.420. The molecule has 1 aromatic carbocycles. The Kier molecular flexibility index (Phi) is 10.2. The number of carbonyl (C=O) groups is 2. The summed E-state index contributed by atoms with van der Waals surface area (Å²) >= 11 is 0. The number of halogens is 2.